The van der Waals surface area contributed by atoms with Crippen LogP contribution >= 0.6 is 0 Å². The molecule has 0 amide bonds. The minimum Gasteiger partial charge on any atom is -0.297 e. The van der Waals surface area contributed by atoms with Crippen LogP contribution < -0.4 is 0 Å². The van der Waals surface area contributed by atoms with E-state index in [1.54, 1.807) is 0 Å². The second kappa shape index (κ2) is 4.42. The van der Waals surface area contributed by atoms with Gasteiger partial charge in [0.2, 0.25) is 0 Å². The summed E-state index contributed by atoms with van der Waals surface area (Å²) in [6.45, 7) is 15.3. The molecule has 3 unspecified atom stereocenters. The summed E-state index contributed by atoms with van der Waals surface area (Å²) >= 11 is 0. The Kier molecular flexibility index (Phi) is 3.83. The lowest BCUT2D eigenvalue weighted by molar-refractivity contribution is 0.0501. The fraction of sp³-hybridized carbons (Fsp3) is 1.00. The van der Waals surface area contributed by atoms with E-state index >= 15 is 0 Å². The van der Waals surface area contributed by atoms with Crippen molar-refractivity contribution in [3.05, 3.63) is 0 Å². The average molecular weight is 212 g/mol. The Morgan fingerprint density at radius 3 is 2.13 bits per heavy atom. The summed E-state index contributed by atoms with van der Waals surface area (Å²) < 4.78 is 0. The highest BCUT2D eigenvalue weighted by Gasteiger charge is 2.40. The van der Waals surface area contributed by atoms with Gasteiger partial charge in [0.1, 0.15) is 0 Å². The van der Waals surface area contributed by atoms with Crippen LogP contribution in [0.2, 0.25) is 0 Å². The second-order valence-electron chi connectivity index (χ2n) is 5.70. The molecule has 0 aromatic heterocycles. The second-order valence-corrected chi connectivity index (χ2v) is 5.70. The molecule has 90 valence electrons. The van der Waals surface area contributed by atoms with E-state index in [4.69, 9.17) is 0 Å². The van der Waals surface area contributed by atoms with E-state index in [9.17, 15) is 0 Å². The highest BCUT2D eigenvalue weighted by atomic mass is 15.3. The molecule has 0 aromatic carbocycles. The third-order valence-corrected chi connectivity index (χ3v) is 4.70. The maximum atomic E-state index is 2.64. The molecule has 0 saturated carbocycles. The maximum Gasteiger partial charge on any atom is 0.0305 e. The van der Waals surface area contributed by atoms with Gasteiger partial charge in [-0.15, -0.1) is 0 Å². The molecule has 1 rings (SSSR count). The smallest absolute Gasteiger partial charge is 0.0305 e. The average Bonchev–Trinajstić information content (AvgIpc) is 2.20. The van der Waals surface area contributed by atoms with Crippen molar-refractivity contribution in [2.75, 3.05) is 13.6 Å². The molecule has 2 nitrogen and oxygen atoms in total. The zero-order chi connectivity index (χ0) is 11.8. The fourth-order valence-electron chi connectivity index (χ4n) is 3.02. The van der Waals surface area contributed by atoms with Gasteiger partial charge in [0.15, 0.2) is 0 Å². The number of likely N-dealkylation sites (N-methyl/N-ethyl adjacent to an activating group) is 2. The van der Waals surface area contributed by atoms with E-state index in [1.807, 2.05) is 0 Å². The van der Waals surface area contributed by atoms with Crippen LogP contribution in [0.4, 0.5) is 0 Å². The standard InChI is InChI=1S/C13H28N2/c1-8-15-11(3)9-10(2)14(7)13(5,6)12(15)4/h10-12H,8-9H2,1-7H3. The van der Waals surface area contributed by atoms with Crippen LogP contribution in [0.3, 0.4) is 0 Å². The monoisotopic (exact) mass is 212 g/mol. The largest absolute Gasteiger partial charge is 0.297 e. The van der Waals surface area contributed by atoms with E-state index in [0.29, 0.717) is 18.1 Å². The third-order valence-electron chi connectivity index (χ3n) is 4.70. The Labute approximate surface area is 95.6 Å². The third kappa shape index (κ3) is 2.21. The van der Waals surface area contributed by atoms with Crippen molar-refractivity contribution < 1.29 is 0 Å². The predicted octanol–water partition coefficient (Wildman–Crippen LogP) is 2.59. The van der Waals surface area contributed by atoms with Crippen molar-refractivity contribution in [1.82, 2.24) is 9.80 Å². The number of rotatable bonds is 1. The molecular formula is C13H28N2. The van der Waals surface area contributed by atoms with Crippen LogP contribution in [0.5, 0.6) is 0 Å². The van der Waals surface area contributed by atoms with Crippen molar-refractivity contribution in [1.29, 1.82) is 0 Å². The summed E-state index contributed by atoms with van der Waals surface area (Å²) in [5.41, 5.74) is 0.264. The normalized spacial score (nSPS) is 39.0. The number of hydrogen-bond acceptors (Lipinski definition) is 2. The molecule has 0 aliphatic carbocycles. The summed E-state index contributed by atoms with van der Waals surface area (Å²) in [6.07, 6.45) is 1.28. The molecule has 0 aromatic rings. The summed E-state index contributed by atoms with van der Waals surface area (Å²) in [7, 11) is 2.27. The molecule has 3 atom stereocenters. The van der Waals surface area contributed by atoms with Gasteiger partial charge in [-0.2, -0.15) is 0 Å². The van der Waals surface area contributed by atoms with Crippen LogP contribution in [0.25, 0.3) is 0 Å². The van der Waals surface area contributed by atoms with Crippen molar-refractivity contribution in [2.45, 2.75) is 71.6 Å². The molecule has 0 radical (unpaired) electrons. The quantitative estimate of drug-likeness (QED) is 0.659. The van der Waals surface area contributed by atoms with Gasteiger partial charge in [-0.25, -0.2) is 0 Å². The van der Waals surface area contributed by atoms with Crippen molar-refractivity contribution in [3.8, 4) is 0 Å². The molecule has 0 bridgehead atoms. The Balaban J connectivity index is 2.99. The van der Waals surface area contributed by atoms with Gasteiger partial charge in [0, 0.05) is 23.7 Å². The molecular weight excluding hydrogens is 184 g/mol. The first-order valence-corrected chi connectivity index (χ1v) is 6.31. The first-order chi connectivity index (χ1) is 6.82. The summed E-state index contributed by atoms with van der Waals surface area (Å²) in [4.78, 5) is 5.18. The van der Waals surface area contributed by atoms with E-state index in [-0.39, 0.29) is 5.54 Å². The molecule has 0 N–H and O–H groups in total. The van der Waals surface area contributed by atoms with E-state index < -0.39 is 0 Å². The van der Waals surface area contributed by atoms with Gasteiger partial charge < -0.3 is 0 Å². The first kappa shape index (κ1) is 13.0. The Bertz CT molecular complexity index is 213. The Morgan fingerprint density at radius 1 is 1.13 bits per heavy atom. The maximum absolute atomic E-state index is 2.64. The van der Waals surface area contributed by atoms with Gasteiger partial charge in [-0.1, -0.05) is 6.92 Å². The lowest BCUT2D eigenvalue weighted by Gasteiger charge is -2.44. The summed E-state index contributed by atoms with van der Waals surface area (Å²) in [5, 5.41) is 0. The lowest BCUT2D eigenvalue weighted by atomic mass is 9.92. The highest BCUT2D eigenvalue weighted by Crippen LogP contribution is 2.31. The van der Waals surface area contributed by atoms with E-state index in [2.05, 4.69) is 58.4 Å². The fourth-order valence-corrected chi connectivity index (χ4v) is 3.02. The SMILES string of the molecule is CCN1C(C)CC(C)N(C)C(C)(C)C1C. The Morgan fingerprint density at radius 2 is 1.67 bits per heavy atom. The molecule has 15 heavy (non-hydrogen) atoms. The highest BCUT2D eigenvalue weighted by molar-refractivity contribution is 4.97. The van der Waals surface area contributed by atoms with Crippen LogP contribution in [-0.4, -0.2) is 47.1 Å². The molecule has 1 fully saturated rings. The minimum atomic E-state index is 0.264. The zero-order valence-corrected chi connectivity index (χ0v) is 11.5. The zero-order valence-electron chi connectivity index (χ0n) is 11.5. The van der Waals surface area contributed by atoms with Crippen molar-refractivity contribution in [2.24, 2.45) is 0 Å². The summed E-state index contributed by atoms with van der Waals surface area (Å²) in [6, 6.07) is 1.99. The first-order valence-electron chi connectivity index (χ1n) is 6.31. The predicted molar refractivity (Wildman–Crippen MR) is 67.2 cm³/mol. The van der Waals surface area contributed by atoms with Gasteiger partial charge >= 0.3 is 0 Å². The summed E-state index contributed by atoms with van der Waals surface area (Å²) in [5.74, 6) is 0. The van der Waals surface area contributed by atoms with Crippen LogP contribution in [-0.2, 0) is 0 Å². The van der Waals surface area contributed by atoms with Gasteiger partial charge in [-0.3, -0.25) is 9.80 Å². The molecule has 2 heteroatoms. The van der Waals surface area contributed by atoms with Crippen molar-refractivity contribution in [3.63, 3.8) is 0 Å². The molecule has 1 aliphatic heterocycles. The van der Waals surface area contributed by atoms with Crippen LogP contribution in [0, 0.1) is 0 Å². The molecule has 1 saturated heterocycles. The Hall–Kier alpha value is -0.0800. The number of hydrogen-bond donors (Lipinski definition) is 0. The lowest BCUT2D eigenvalue weighted by Crippen LogP contribution is -2.56. The van der Waals surface area contributed by atoms with Gasteiger partial charge in [0.05, 0.1) is 0 Å². The van der Waals surface area contributed by atoms with Crippen molar-refractivity contribution >= 4 is 0 Å². The topological polar surface area (TPSA) is 6.48 Å². The number of nitrogens with zero attached hydrogens (tertiary/aromatic N) is 2. The molecule has 0 spiro atoms. The molecule has 1 aliphatic rings. The van der Waals surface area contributed by atoms with E-state index in [0.717, 1.165) is 6.54 Å². The minimum absolute atomic E-state index is 0.264. The molecule has 1 heterocycles. The van der Waals surface area contributed by atoms with E-state index in [1.165, 1.54) is 6.42 Å². The van der Waals surface area contributed by atoms with Crippen LogP contribution in [0.1, 0.15) is 48.0 Å². The van der Waals surface area contributed by atoms with Gasteiger partial charge in [-0.05, 0) is 54.6 Å². The van der Waals surface area contributed by atoms with Crippen LogP contribution in [0.15, 0.2) is 0 Å². The van der Waals surface area contributed by atoms with Gasteiger partial charge in [0.25, 0.3) is 0 Å².